The van der Waals surface area contributed by atoms with Gasteiger partial charge < -0.3 is 0 Å². The van der Waals surface area contributed by atoms with E-state index in [9.17, 15) is 8.42 Å². The summed E-state index contributed by atoms with van der Waals surface area (Å²) < 4.78 is 29.3. The van der Waals surface area contributed by atoms with E-state index in [1.54, 1.807) is 17.8 Å². The lowest BCUT2D eigenvalue weighted by atomic mass is 10.1. The third kappa shape index (κ3) is 2.70. The second kappa shape index (κ2) is 5.28. The van der Waals surface area contributed by atoms with Gasteiger partial charge in [-0.25, -0.2) is 8.42 Å². The first-order chi connectivity index (χ1) is 9.35. The minimum absolute atomic E-state index is 0.224. The maximum Gasteiger partial charge on any atom is 0.265 e. The fraction of sp³-hybridized carbons (Fsp3) is 0.357. The van der Waals surface area contributed by atoms with E-state index in [2.05, 4.69) is 9.82 Å². The van der Waals surface area contributed by atoms with Crippen molar-refractivity contribution in [1.29, 1.82) is 0 Å². The maximum absolute atomic E-state index is 12.5. The average Bonchev–Trinajstić information content (AvgIpc) is 2.76. The van der Waals surface area contributed by atoms with Gasteiger partial charge in [0.25, 0.3) is 10.0 Å². The van der Waals surface area contributed by atoms with Crippen LogP contribution in [0.25, 0.3) is 0 Å². The van der Waals surface area contributed by atoms with Crippen LogP contribution >= 0.6 is 0 Å². The van der Waals surface area contributed by atoms with Crippen molar-refractivity contribution in [3.05, 3.63) is 41.2 Å². The summed E-state index contributed by atoms with van der Waals surface area (Å²) in [6.45, 7) is 8.02. The standard InChI is InChI=1S/C14H19N3O2S/c1-5-17-9-13(12(4)15-17)20(18,19)16-14-10(2)7-6-8-11(14)3/h6-9,16H,5H2,1-4H3. The summed E-state index contributed by atoms with van der Waals surface area (Å²) in [6.07, 6.45) is 1.56. The van der Waals surface area contributed by atoms with Crippen LogP contribution in [0.15, 0.2) is 29.3 Å². The summed E-state index contributed by atoms with van der Waals surface area (Å²) >= 11 is 0. The molecule has 0 spiro atoms. The minimum Gasteiger partial charge on any atom is -0.279 e. The number of para-hydroxylation sites is 1. The molecule has 0 aliphatic carbocycles. The molecule has 1 aromatic heterocycles. The van der Waals surface area contributed by atoms with Gasteiger partial charge in [0.2, 0.25) is 0 Å². The average molecular weight is 293 g/mol. The number of anilines is 1. The first kappa shape index (κ1) is 14.6. The van der Waals surface area contributed by atoms with Gasteiger partial charge in [0.1, 0.15) is 4.90 Å². The van der Waals surface area contributed by atoms with Crippen molar-refractivity contribution in [2.24, 2.45) is 0 Å². The van der Waals surface area contributed by atoms with Gasteiger partial charge in [0.15, 0.2) is 0 Å². The molecule has 2 rings (SSSR count). The molecule has 0 aliphatic rings. The van der Waals surface area contributed by atoms with Crippen LogP contribution in [-0.2, 0) is 16.6 Å². The molecule has 0 aliphatic heterocycles. The number of hydrogen-bond acceptors (Lipinski definition) is 3. The molecule has 1 aromatic carbocycles. The van der Waals surface area contributed by atoms with E-state index in [4.69, 9.17) is 0 Å². The van der Waals surface area contributed by atoms with Gasteiger partial charge in [-0.15, -0.1) is 0 Å². The highest BCUT2D eigenvalue weighted by molar-refractivity contribution is 7.92. The van der Waals surface area contributed by atoms with Crippen molar-refractivity contribution in [3.8, 4) is 0 Å². The Morgan fingerprint density at radius 1 is 1.20 bits per heavy atom. The largest absolute Gasteiger partial charge is 0.279 e. The molecule has 0 saturated carbocycles. The smallest absolute Gasteiger partial charge is 0.265 e. The van der Waals surface area contributed by atoms with Gasteiger partial charge in [0, 0.05) is 12.7 Å². The summed E-state index contributed by atoms with van der Waals surface area (Å²) in [5, 5.41) is 4.18. The van der Waals surface area contributed by atoms with E-state index in [0.717, 1.165) is 11.1 Å². The van der Waals surface area contributed by atoms with Crippen molar-refractivity contribution in [2.45, 2.75) is 39.1 Å². The normalized spacial score (nSPS) is 11.6. The Morgan fingerprint density at radius 2 is 1.80 bits per heavy atom. The van der Waals surface area contributed by atoms with Crippen molar-refractivity contribution >= 4 is 15.7 Å². The number of sulfonamides is 1. The predicted octanol–water partition coefficient (Wildman–Crippen LogP) is 2.63. The fourth-order valence-corrected chi connectivity index (χ4v) is 3.48. The van der Waals surface area contributed by atoms with Gasteiger partial charge in [-0.05, 0) is 38.8 Å². The van der Waals surface area contributed by atoms with Crippen molar-refractivity contribution in [3.63, 3.8) is 0 Å². The van der Waals surface area contributed by atoms with Crippen LogP contribution in [0.3, 0.4) is 0 Å². The maximum atomic E-state index is 12.5. The Morgan fingerprint density at radius 3 is 2.30 bits per heavy atom. The Labute approximate surface area is 119 Å². The van der Waals surface area contributed by atoms with Crippen molar-refractivity contribution in [1.82, 2.24) is 9.78 Å². The molecule has 0 amide bonds. The number of rotatable bonds is 4. The Bertz CT molecular complexity index is 713. The van der Waals surface area contributed by atoms with E-state index in [-0.39, 0.29) is 4.90 Å². The third-order valence-electron chi connectivity index (χ3n) is 3.23. The van der Waals surface area contributed by atoms with E-state index in [0.29, 0.717) is 17.9 Å². The van der Waals surface area contributed by atoms with Gasteiger partial charge in [0.05, 0.1) is 11.4 Å². The molecule has 1 N–H and O–H groups in total. The lowest BCUT2D eigenvalue weighted by Gasteiger charge is -2.12. The third-order valence-corrected chi connectivity index (χ3v) is 4.69. The number of aryl methyl sites for hydroxylation is 4. The van der Waals surface area contributed by atoms with Crippen LogP contribution in [0.1, 0.15) is 23.7 Å². The Kier molecular flexibility index (Phi) is 3.85. The van der Waals surface area contributed by atoms with Gasteiger partial charge >= 0.3 is 0 Å². The van der Waals surface area contributed by atoms with E-state index >= 15 is 0 Å². The molecule has 1 heterocycles. The highest BCUT2D eigenvalue weighted by Gasteiger charge is 2.21. The lowest BCUT2D eigenvalue weighted by Crippen LogP contribution is -2.15. The summed E-state index contributed by atoms with van der Waals surface area (Å²) in [5.74, 6) is 0. The number of nitrogens with zero attached hydrogens (tertiary/aromatic N) is 2. The van der Waals surface area contributed by atoms with Crippen LogP contribution in [0.2, 0.25) is 0 Å². The second-order valence-electron chi connectivity index (χ2n) is 4.81. The summed E-state index contributed by atoms with van der Waals surface area (Å²) in [7, 11) is -3.61. The highest BCUT2D eigenvalue weighted by atomic mass is 32.2. The van der Waals surface area contributed by atoms with Crippen LogP contribution in [0.5, 0.6) is 0 Å². The molecule has 6 heteroatoms. The van der Waals surface area contributed by atoms with Gasteiger partial charge in [-0.3, -0.25) is 9.40 Å². The zero-order valence-electron chi connectivity index (χ0n) is 12.1. The first-order valence-electron chi connectivity index (χ1n) is 6.48. The molecular weight excluding hydrogens is 274 g/mol. The van der Waals surface area contributed by atoms with Crippen LogP contribution in [-0.4, -0.2) is 18.2 Å². The quantitative estimate of drug-likeness (QED) is 0.942. The fourth-order valence-electron chi connectivity index (χ4n) is 2.09. The number of aromatic nitrogens is 2. The number of nitrogens with one attached hydrogen (secondary N) is 1. The molecule has 108 valence electrons. The summed E-state index contributed by atoms with van der Waals surface area (Å²) in [4.78, 5) is 0.224. The second-order valence-corrected chi connectivity index (χ2v) is 6.46. The SMILES string of the molecule is CCn1cc(S(=O)(=O)Nc2c(C)cccc2C)c(C)n1. The molecule has 2 aromatic rings. The highest BCUT2D eigenvalue weighted by Crippen LogP contribution is 2.24. The van der Waals surface area contributed by atoms with Gasteiger partial charge in [-0.2, -0.15) is 5.10 Å². The van der Waals surface area contributed by atoms with E-state index < -0.39 is 10.0 Å². The summed E-state index contributed by atoms with van der Waals surface area (Å²) in [6, 6.07) is 5.67. The van der Waals surface area contributed by atoms with E-state index in [1.165, 1.54) is 0 Å². The van der Waals surface area contributed by atoms with Gasteiger partial charge in [-0.1, -0.05) is 18.2 Å². The molecule has 0 bridgehead atoms. The van der Waals surface area contributed by atoms with Crippen molar-refractivity contribution in [2.75, 3.05) is 4.72 Å². The lowest BCUT2D eigenvalue weighted by molar-refractivity contribution is 0.600. The number of hydrogen-bond donors (Lipinski definition) is 1. The molecule has 5 nitrogen and oxygen atoms in total. The van der Waals surface area contributed by atoms with Crippen LogP contribution in [0, 0.1) is 20.8 Å². The molecule has 0 fully saturated rings. The monoisotopic (exact) mass is 293 g/mol. The number of benzene rings is 1. The Balaban J connectivity index is 2.43. The zero-order valence-corrected chi connectivity index (χ0v) is 13.0. The molecule has 20 heavy (non-hydrogen) atoms. The predicted molar refractivity (Wildman–Crippen MR) is 79.4 cm³/mol. The first-order valence-corrected chi connectivity index (χ1v) is 7.96. The van der Waals surface area contributed by atoms with E-state index in [1.807, 2.05) is 39.0 Å². The van der Waals surface area contributed by atoms with Crippen LogP contribution in [0.4, 0.5) is 5.69 Å². The zero-order chi connectivity index (χ0) is 14.9. The molecule has 0 saturated heterocycles. The topological polar surface area (TPSA) is 64.0 Å². The molecule has 0 radical (unpaired) electrons. The minimum atomic E-state index is -3.61. The Hall–Kier alpha value is -1.82. The van der Waals surface area contributed by atoms with Crippen LogP contribution < -0.4 is 4.72 Å². The summed E-state index contributed by atoms with van der Waals surface area (Å²) in [5.41, 5.74) is 2.94. The molecular formula is C14H19N3O2S. The van der Waals surface area contributed by atoms with Crippen molar-refractivity contribution < 1.29 is 8.42 Å². The molecule has 0 unspecified atom stereocenters. The molecule has 0 atom stereocenters.